The van der Waals surface area contributed by atoms with Crippen LogP contribution in [-0.4, -0.2) is 33.7 Å². The zero-order chi connectivity index (χ0) is 19.4. The second-order valence-corrected chi connectivity index (χ2v) is 8.40. The lowest BCUT2D eigenvalue weighted by Crippen LogP contribution is -2.25. The molecule has 0 unspecified atom stereocenters. The molecule has 27 heavy (non-hydrogen) atoms. The third-order valence-corrected chi connectivity index (χ3v) is 5.46. The van der Waals surface area contributed by atoms with Crippen molar-refractivity contribution in [3.8, 4) is 5.75 Å². The van der Waals surface area contributed by atoms with Crippen molar-refractivity contribution in [2.45, 2.75) is 24.3 Å². The van der Waals surface area contributed by atoms with Gasteiger partial charge < -0.3 is 15.4 Å². The van der Waals surface area contributed by atoms with Gasteiger partial charge in [0.05, 0.1) is 23.6 Å². The van der Waals surface area contributed by atoms with Gasteiger partial charge in [-0.1, -0.05) is 6.07 Å². The molecule has 2 aromatic carbocycles. The van der Waals surface area contributed by atoms with Crippen LogP contribution in [-0.2, 0) is 27.6 Å². The fourth-order valence-electron chi connectivity index (χ4n) is 2.89. The Bertz CT molecular complexity index is 943. The van der Waals surface area contributed by atoms with Crippen LogP contribution in [0.15, 0.2) is 41.3 Å². The minimum Gasteiger partial charge on any atom is -0.493 e. The van der Waals surface area contributed by atoms with Crippen LogP contribution in [0.1, 0.15) is 17.5 Å². The van der Waals surface area contributed by atoms with Crippen LogP contribution in [0.25, 0.3) is 0 Å². The molecule has 8 heteroatoms. The van der Waals surface area contributed by atoms with Crippen LogP contribution in [0.2, 0.25) is 0 Å². The molecule has 1 aliphatic rings. The number of hydrogen-bond donors (Lipinski definition) is 2. The number of halogens is 1. The Kier molecular flexibility index (Phi) is 5.76. The highest BCUT2D eigenvalue weighted by Gasteiger charge is 2.17. The van der Waals surface area contributed by atoms with Crippen molar-refractivity contribution in [3.05, 3.63) is 53.3 Å². The number of benzene rings is 2. The van der Waals surface area contributed by atoms with Crippen molar-refractivity contribution in [2.24, 2.45) is 0 Å². The summed E-state index contributed by atoms with van der Waals surface area (Å²) in [6.07, 6.45) is 1.77. The van der Waals surface area contributed by atoms with Gasteiger partial charge in [-0.15, -0.1) is 0 Å². The molecule has 3 rings (SSSR count). The maximum absolute atomic E-state index is 14.5. The van der Waals surface area contributed by atoms with E-state index in [1.807, 2.05) is 6.07 Å². The number of carbonyl (C=O) groups is 1. The van der Waals surface area contributed by atoms with Gasteiger partial charge in [-0.2, -0.15) is 0 Å². The summed E-state index contributed by atoms with van der Waals surface area (Å²) in [4.78, 5) is 12.3. The Morgan fingerprint density at radius 3 is 2.67 bits per heavy atom. The van der Waals surface area contributed by atoms with Gasteiger partial charge in [0.15, 0.2) is 9.84 Å². The van der Waals surface area contributed by atoms with Crippen molar-refractivity contribution in [1.82, 2.24) is 5.32 Å². The zero-order valence-corrected chi connectivity index (χ0v) is 15.7. The first-order valence-electron chi connectivity index (χ1n) is 8.58. The molecule has 0 aromatic heterocycles. The Morgan fingerprint density at radius 1 is 1.22 bits per heavy atom. The van der Waals surface area contributed by atoms with Gasteiger partial charge in [-0.25, -0.2) is 12.8 Å². The number of nitrogens with one attached hydrogen (secondary N) is 2. The number of carbonyl (C=O) groups excluding carboxylic acids is 1. The summed E-state index contributed by atoms with van der Waals surface area (Å²) in [5, 5.41) is 5.76. The minimum atomic E-state index is -3.26. The molecule has 0 bridgehead atoms. The molecular weight excluding hydrogens is 371 g/mol. The van der Waals surface area contributed by atoms with Crippen molar-refractivity contribution >= 4 is 21.4 Å². The number of amides is 1. The fraction of sp³-hybridized carbons (Fsp3) is 0.316. The number of rotatable bonds is 6. The summed E-state index contributed by atoms with van der Waals surface area (Å²) in [5.41, 5.74) is 1.74. The summed E-state index contributed by atoms with van der Waals surface area (Å²) >= 11 is 0. The molecule has 144 valence electrons. The van der Waals surface area contributed by atoms with Crippen molar-refractivity contribution in [1.29, 1.82) is 0 Å². The monoisotopic (exact) mass is 392 g/mol. The average molecular weight is 392 g/mol. The van der Waals surface area contributed by atoms with E-state index in [0.29, 0.717) is 30.8 Å². The lowest BCUT2D eigenvalue weighted by Gasteiger charge is -2.19. The van der Waals surface area contributed by atoms with Gasteiger partial charge in [0.1, 0.15) is 11.6 Å². The summed E-state index contributed by atoms with van der Waals surface area (Å²) in [6.45, 7) is 1.44. The second kappa shape index (κ2) is 8.06. The molecular formula is C19H21FN2O4S. The maximum Gasteiger partial charge on any atom is 0.227 e. The first kappa shape index (κ1) is 19.3. The quantitative estimate of drug-likeness (QED) is 0.788. The fourth-order valence-corrected chi connectivity index (χ4v) is 3.52. The Hall–Kier alpha value is -2.45. The molecule has 0 saturated heterocycles. The minimum absolute atomic E-state index is 0.0475. The molecule has 1 amide bonds. The lowest BCUT2D eigenvalue weighted by atomic mass is 9.99. The molecule has 0 saturated carbocycles. The number of hydrogen-bond acceptors (Lipinski definition) is 5. The number of ether oxygens (including phenoxy) is 1. The van der Waals surface area contributed by atoms with Crippen LogP contribution in [0.5, 0.6) is 5.75 Å². The Labute approximate surface area is 157 Å². The third-order valence-electron chi connectivity index (χ3n) is 4.33. The van der Waals surface area contributed by atoms with E-state index in [4.69, 9.17) is 4.74 Å². The number of sulfone groups is 1. The largest absolute Gasteiger partial charge is 0.493 e. The second-order valence-electron chi connectivity index (χ2n) is 6.38. The summed E-state index contributed by atoms with van der Waals surface area (Å²) in [5.74, 6) is -0.266. The summed E-state index contributed by atoms with van der Waals surface area (Å²) in [6, 6.07) is 9.35. The first-order chi connectivity index (χ1) is 12.8. The normalized spacial score (nSPS) is 13.7. The van der Waals surface area contributed by atoms with Gasteiger partial charge in [-0.3, -0.25) is 4.79 Å². The van der Waals surface area contributed by atoms with E-state index in [-0.39, 0.29) is 35.3 Å². The lowest BCUT2D eigenvalue weighted by molar-refractivity contribution is -0.116. The maximum atomic E-state index is 14.5. The molecule has 2 N–H and O–H groups in total. The highest BCUT2D eigenvalue weighted by Crippen LogP contribution is 2.24. The van der Waals surface area contributed by atoms with Crippen LogP contribution >= 0.6 is 0 Å². The van der Waals surface area contributed by atoms with E-state index in [9.17, 15) is 17.6 Å². The summed E-state index contributed by atoms with van der Waals surface area (Å²) < 4.78 is 42.8. The van der Waals surface area contributed by atoms with E-state index in [2.05, 4.69) is 10.6 Å². The Balaban J connectivity index is 1.53. The van der Waals surface area contributed by atoms with E-state index in [1.165, 1.54) is 24.3 Å². The molecule has 1 aliphatic heterocycles. The van der Waals surface area contributed by atoms with Gasteiger partial charge in [-0.05, 0) is 54.4 Å². The van der Waals surface area contributed by atoms with Crippen LogP contribution in [0, 0.1) is 5.82 Å². The molecule has 0 fully saturated rings. The van der Waals surface area contributed by atoms with E-state index >= 15 is 0 Å². The molecule has 6 nitrogen and oxygen atoms in total. The van der Waals surface area contributed by atoms with E-state index in [0.717, 1.165) is 11.8 Å². The summed E-state index contributed by atoms with van der Waals surface area (Å²) in [7, 11) is -3.26. The van der Waals surface area contributed by atoms with Crippen molar-refractivity contribution in [2.75, 3.05) is 24.7 Å². The number of anilines is 1. The first-order valence-corrected chi connectivity index (χ1v) is 10.5. The molecule has 0 radical (unpaired) electrons. The Morgan fingerprint density at radius 2 is 1.96 bits per heavy atom. The van der Waals surface area contributed by atoms with Gasteiger partial charge in [0.2, 0.25) is 5.91 Å². The zero-order valence-electron chi connectivity index (χ0n) is 14.9. The topological polar surface area (TPSA) is 84.5 Å². The van der Waals surface area contributed by atoms with E-state index < -0.39 is 9.84 Å². The molecule has 0 aliphatic carbocycles. The third kappa shape index (κ3) is 4.84. The molecule has 0 spiro atoms. The van der Waals surface area contributed by atoms with Gasteiger partial charge >= 0.3 is 0 Å². The van der Waals surface area contributed by atoms with Crippen LogP contribution in [0.4, 0.5) is 10.1 Å². The standard InChI is InChI=1S/C19H21FN2O4S/c1-27(24,25)15-5-3-14(4-6-15)26-11-9-18(23)22-17-7-2-13-12-21-10-8-16(13)19(17)20/h2-7,21H,8-12H2,1H3,(H,22,23). The predicted molar refractivity (Wildman–Crippen MR) is 100 cm³/mol. The number of fused-ring (bicyclic) bond motifs is 1. The molecule has 1 heterocycles. The van der Waals surface area contributed by atoms with E-state index in [1.54, 1.807) is 6.07 Å². The molecule has 2 aromatic rings. The van der Waals surface area contributed by atoms with Crippen LogP contribution < -0.4 is 15.4 Å². The molecule has 0 atom stereocenters. The van der Waals surface area contributed by atoms with Crippen LogP contribution in [0.3, 0.4) is 0 Å². The highest BCUT2D eigenvalue weighted by molar-refractivity contribution is 7.90. The van der Waals surface area contributed by atoms with Crippen molar-refractivity contribution in [3.63, 3.8) is 0 Å². The van der Waals surface area contributed by atoms with Gasteiger partial charge in [0, 0.05) is 12.8 Å². The predicted octanol–water partition coefficient (Wildman–Crippen LogP) is 2.28. The smallest absolute Gasteiger partial charge is 0.227 e. The highest BCUT2D eigenvalue weighted by atomic mass is 32.2. The SMILES string of the molecule is CS(=O)(=O)c1ccc(OCCC(=O)Nc2ccc3c(c2F)CCNC3)cc1. The van der Waals surface area contributed by atoms with Crippen molar-refractivity contribution < 1.29 is 22.3 Å². The van der Waals surface area contributed by atoms with Gasteiger partial charge in [0.25, 0.3) is 0 Å². The average Bonchev–Trinajstić information content (AvgIpc) is 2.64.